The first kappa shape index (κ1) is 12.7. The molecule has 1 aromatic rings. The standard InChI is InChI=1S/C13H19NO2/c1-9(10(2)13(16)14-3)12(15)11-7-5-4-6-8-11/h4-10,12,15H,1-3H3,(H,14,16). The van der Waals surface area contributed by atoms with E-state index in [1.807, 2.05) is 44.2 Å². The quantitative estimate of drug-likeness (QED) is 0.813. The van der Waals surface area contributed by atoms with Crippen molar-refractivity contribution >= 4 is 5.91 Å². The maximum absolute atomic E-state index is 11.5. The van der Waals surface area contributed by atoms with Gasteiger partial charge in [-0.2, -0.15) is 0 Å². The van der Waals surface area contributed by atoms with E-state index in [0.717, 1.165) is 5.56 Å². The molecule has 0 fully saturated rings. The fourth-order valence-electron chi connectivity index (χ4n) is 1.69. The number of benzene rings is 1. The predicted molar refractivity (Wildman–Crippen MR) is 63.8 cm³/mol. The highest BCUT2D eigenvalue weighted by Gasteiger charge is 2.26. The fourth-order valence-corrected chi connectivity index (χ4v) is 1.69. The normalized spacial score (nSPS) is 16.2. The lowest BCUT2D eigenvalue weighted by Gasteiger charge is -2.24. The minimum atomic E-state index is -0.603. The van der Waals surface area contributed by atoms with E-state index in [1.54, 1.807) is 7.05 Å². The third-order valence-electron chi connectivity index (χ3n) is 3.09. The number of rotatable bonds is 4. The molecule has 3 heteroatoms. The number of hydrogen-bond acceptors (Lipinski definition) is 2. The van der Waals surface area contributed by atoms with Gasteiger partial charge in [0.25, 0.3) is 0 Å². The fraction of sp³-hybridized carbons (Fsp3) is 0.462. The van der Waals surface area contributed by atoms with Gasteiger partial charge < -0.3 is 10.4 Å². The van der Waals surface area contributed by atoms with Crippen molar-refractivity contribution in [1.82, 2.24) is 5.32 Å². The average Bonchev–Trinajstić information content (AvgIpc) is 2.36. The first-order valence-electron chi connectivity index (χ1n) is 5.52. The van der Waals surface area contributed by atoms with Crippen LogP contribution in [0, 0.1) is 11.8 Å². The van der Waals surface area contributed by atoms with Crippen LogP contribution >= 0.6 is 0 Å². The number of aliphatic hydroxyl groups is 1. The molecule has 88 valence electrons. The van der Waals surface area contributed by atoms with Crippen LogP contribution in [-0.4, -0.2) is 18.1 Å². The summed E-state index contributed by atoms with van der Waals surface area (Å²) >= 11 is 0. The molecule has 16 heavy (non-hydrogen) atoms. The molecule has 0 bridgehead atoms. The molecule has 2 N–H and O–H groups in total. The second-order valence-corrected chi connectivity index (χ2v) is 4.12. The van der Waals surface area contributed by atoms with Crippen molar-refractivity contribution in [1.29, 1.82) is 0 Å². The Hall–Kier alpha value is -1.35. The van der Waals surface area contributed by atoms with Crippen molar-refractivity contribution in [2.24, 2.45) is 11.8 Å². The third-order valence-corrected chi connectivity index (χ3v) is 3.09. The first-order valence-corrected chi connectivity index (χ1v) is 5.52. The molecule has 0 spiro atoms. The Labute approximate surface area is 96.5 Å². The van der Waals surface area contributed by atoms with E-state index >= 15 is 0 Å². The van der Waals surface area contributed by atoms with Gasteiger partial charge >= 0.3 is 0 Å². The van der Waals surface area contributed by atoms with Gasteiger partial charge in [-0.05, 0) is 11.5 Å². The van der Waals surface area contributed by atoms with Gasteiger partial charge in [-0.1, -0.05) is 44.2 Å². The summed E-state index contributed by atoms with van der Waals surface area (Å²) in [5, 5.41) is 12.7. The van der Waals surface area contributed by atoms with Crippen molar-refractivity contribution in [2.75, 3.05) is 7.05 Å². The van der Waals surface area contributed by atoms with E-state index in [9.17, 15) is 9.90 Å². The molecule has 1 amide bonds. The van der Waals surface area contributed by atoms with E-state index in [0.29, 0.717) is 0 Å². The van der Waals surface area contributed by atoms with Crippen molar-refractivity contribution in [3.8, 4) is 0 Å². The van der Waals surface area contributed by atoms with Crippen LogP contribution < -0.4 is 5.32 Å². The third kappa shape index (κ3) is 2.83. The zero-order valence-electron chi connectivity index (χ0n) is 9.97. The van der Waals surface area contributed by atoms with Crippen LogP contribution in [-0.2, 0) is 4.79 Å². The molecule has 3 nitrogen and oxygen atoms in total. The molecule has 0 aromatic heterocycles. The second kappa shape index (κ2) is 5.66. The molecule has 0 aliphatic rings. The second-order valence-electron chi connectivity index (χ2n) is 4.12. The van der Waals surface area contributed by atoms with Crippen LogP contribution in [0.5, 0.6) is 0 Å². The number of carbonyl (C=O) groups excluding carboxylic acids is 1. The monoisotopic (exact) mass is 221 g/mol. The maximum atomic E-state index is 11.5. The Morgan fingerprint density at radius 1 is 1.25 bits per heavy atom. The van der Waals surface area contributed by atoms with Crippen LogP contribution in [0.1, 0.15) is 25.5 Å². The number of hydrogen-bond donors (Lipinski definition) is 2. The summed E-state index contributed by atoms with van der Waals surface area (Å²) in [5.74, 6) is -0.356. The Kier molecular flexibility index (Phi) is 4.50. The molecule has 1 rings (SSSR count). The van der Waals surface area contributed by atoms with E-state index in [4.69, 9.17) is 0 Å². The summed E-state index contributed by atoms with van der Waals surface area (Å²) in [6.45, 7) is 3.72. The van der Waals surface area contributed by atoms with Crippen LogP contribution in [0.2, 0.25) is 0 Å². The topological polar surface area (TPSA) is 49.3 Å². The van der Waals surface area contributed by atoms with Gasteiger partial charge in [-0.3, -0.25) is 4.79 Å². The molecule has 0 radical (unpaired) electrons. The van der Waals surface area contributed by atoms with Gasteiger partial charge in [-0.15, -0.1) is 0 Å². The van der Waals surface area contributed by atoms with Gasteiger partial charge in [0.1, 0.15) is 0 Å². The van der Waals surface area contributed by atoms with Crippen molar-refractivity contribution in [2.45, 2.75) is 20.0 Å². The summed E-state index contributed by atoms with van der Waals surface area (Å²) in [6.07, 6.45) is -0.603. The lowest BCUT2D eigenvalue weighted by Crippen LogP contribution is -2.32. The molecular weight excluding hydrogens is 202 g/mol. The van der Waals surface area contributed by atoms with Crippen LogP contribution in [0.4, 0.5) is 0 Å². The lowest BCUT2D eigenvalue weighted by molar-refractivity contribution is -0.126. The van der Waals surface area contributed by atoms with Gasteiger partial charge in [0, 0.05) is 13.0 Å². The molecule has 3 atom stereocenters. The Morgan fingerprint density at radius 2 is 1.81 bits per heavy atom. The maximum Gasteiger partial charge on any atom is 0.222 e. The minimum Gasteiger partial charge on any atom is -0.388 e. The van der Waals surface area contributed by atoms with Crippen LogP contribution in [0.25, 0.3) is 0 Å². The Balaban J connectivity index is 2.74. The summed E-state index contributed by atoms with van der Waals surface area (Å²) in [6, 6.07) is 9.42. The molecule has 0 saturated heterocycles. The minimum absolute atomic E-state index is 0.0394. The number of amides is 1. The Morgan fingerprint density at radius 3 is 2.31 bits per heavy atom. The zero-order valence-corrected chi connectivity index (χ0v) is 9.97. The molecule has 0 heterocycles. The van der Waals surface area contributed by atoms with E-state index in [2.05, 4.69) is 5.32 Å². The van der Waals surface area contributed by atoms with Gasteiger partial charge in [0.2, 0.25) is 5.91 Å². The van der Waals surface area contributed by atoms with E-state index < -0.39 is 6.10 Å². The lowest BCUT2D eigenvalue weighted by atomic mass is 9.86. The molecule has 3 unspecified atom stereocenters. The van der Waals surface area contributed by atoms with Gasteiger partial charge in [-0.25, -0.2) is 0 Å². The van der Waals surface area contributed by atoms with Gasteiger partial charge in [0.15, 0.2) is 0 Å². The van der Waals surface area contributed by atoms with Crippen LogP contribution in [0.3, 0.4) is 0 Å². The summed E-state index contributed by atoms with van der Waals surface area (Å²) < 4.78 is 0. The zero-order chi connectivity index (χ0) is 12.1. The Bertz CT molecular complexity index is 337. The molecular formula is C13H19NO2. The first-order chi connectivity index (χ1) is 7.57. The highest BCUT2D eigenvalue weighted by atomic mass is 16.3. The van der Waals surface area contributed by atoms with Crippen molar-refractivity contribution < 1.29 is 9.90 Å². The molecule has 0 aliphatic carbocycles. The smallest absolute Gasteiger partial charge is 0.222 e. The average molecular weight is 221 g/mol. The highest BCUT2D eigenvalue weighted by Crippen LogP contribution is 2.27. The molecule has 1 aromatic carbocycles. The van der Waals surface area contributed by atoms with Gasteiger partial charge in [0.05, 0.1) is 6.10 Å². The summed E-state index contributed by atoms with van der Waals surface area (Å²) in [5.41, 5.74) is 0.853. The van der Waals surface area contributed by atoms with E-state index in [-0.39, 0.29) is 17.7 Å². The molecule has 0 saturated carbocycles. The summed E-state index contributed by atoms with van der Waals surface area (Å²) in [7, 11) is 1.61. The number of carbonyl (C=O) groups is 1. The van der Waals surface area contributed by atoms with E-state index in [1.165, 1.54) is 0 Å². The summed E-state index contributed by atoms with van der Waals surface area (Å²) in [4.78, 5) is 11.5. The largest absolute Gasteiger partial charge is 0.388 e. The van der Waals surface area contributed by atoms with Crippen LogP contribution in [0.15, 0.2) is 30.3 Å². The van der Waals surface area contributed by atoms with Crippen molar-refractivity contribution in [3.05, 3.63) is 35.9 Å². The van der Waals surface area contributed by atoms with Crippen molar-refractivity contribution in [3.63, 3.8) is 0 Å². The molecule has 0 aliphatic heterocycles. The number of nitrogens with one attached hydrogen (secondary N) is 1. The highest BCUT2D eigenvalue weighted by molar-refractivity contribution is 5.78. The SMILES string of the molecule is CNC(=O)C(C)C(C)C(O)c1ccccc1. The number of aliphatic hydroxyl groups excluding tert-OH is 1. The predicted octanol–water partition coefficient (Wildman–Crippen LogP) is 1.74.